The Morgan fingerprint density at radius 3 is 1.42 bits per heavy atom. The number of hydrogen-bond donors (Lipinski definition) is 1. The van der Waals surface area contributed by atoms with Gasteiger partial charge in [0.05, 0.1) is 5.56 Å². The van der Waals surface area contributed by atoms with Gasteiger partial charge in [0.15, 0.2) is 0 Å². The number of benzene rings is 2. The number of amides is 2. The third-order valence-corrected chi connectivity index (χ3v) is 4.53. The van der Waals surface area contributed by atoms with E-state index in [1.54, 1.807) is 9.80 Å². The number of carbonyl (C=O) groups is 3. The number of carboxylic acids is 1. The molecular formula is C20H20N2O4. The molecule has 0 aliphatic carbocycles. The van der Waals surface area contributed by atoms with E-state index >= 15 is 0 Å². The van der Waals surface area contributed by atoms with Gasteiger partial charge in [0.2, 0.25) is 0 Å². The summed E-state index contributed by atoms with van der Waals surface area (Å²) < 4.78 is 0. The van der Waals surface area contributed by atoms with Gasteiger partial charge in [0, 0.05) is 37.3 Å². The molecule has 1 saturated heterocycles. The van der Waals surface area contributed by atoms with Crippen LogP contribution in [-0.4, -0.2) is 58.9 Å². The van der Waals surface area contributed by atoms with Crippen molar-refractivity contribution < 1.29 is 19.5 Å². The summed E-state index contributed by atoms with van der Waals surface area (Å²) in [4.78, 5) is 39.4. The van der Waals surface area contributed by atoms with Crippen LogP contribution in [0.5, 0.6) is 0 Å². The number of carboxylic acid groups (broad SMARTS) is 1. The van der Waals surface area contributed by atoms with Gasteiger partial charge in [-0.1, -0.05) is 17.7 Å². The first-order chi connectivity index (χ1) is 12.5. The van der Waals surface area contributed by atoms with Crippen molar-refractivity contribution in [3.63, 3.8) is 0 Å². The number of nitrogens with zero attached hydrogens (tertiary/aromatic N) is 2. The third-order valence-electron chi connectivity index (χ3n) is 4.53. The Morgan fingerprint density at radius 2 is 1.04 bits per heavy atom. The first-order valence-electron chi connectivity index (χ1n) is 8.44. The maximum atomic E-state index is 12.5. The van der Waals surface area contributed by atoms with E-state index < -0.39 is 5.97 Å². The van der Waals surface area contributed by atoms with E-state index in [-0.39, 0.29) is 17.4 Å². The van der Waals surface area contributed by atoms with Crippen LogP contribution in [0.4, 0.5) is 0 Å². The van der Waals surface area contributed by atoms with Crippen LogP contribution in [-0.2, 0) is 0 Å². The molecule has 1 heterocycles. The topological polar surface area (TPSA) is 77.9 Å². The Morgan fingerprint density at radius 1 is 0.692 bits per heavy atom. The average Bonchev–Trinajstić information content (AvgIpc) is 2.67. The quantitative estimate of drug-likeness (QED) is 0.919. The summed E-state index contributed by atoms with van der Waals surface area (Å²) in [5.41, 5.74) is 2.36. The molecule has 1 aliphatic heterocycles. The highest BCUT2D eigenvalue weighted by Gasteiger charge is 2.25. The van der Waals surface area contributed by atoms with Gasteiger partial charge in [-0.25, -0.2) is 4.79 Å². The molecule has 0 unspecified atom stereocenters. The largest absolute Gasteiger partial charge is 0.478 e. The fraction of sp³-hybridized carbons (Fsp3) is 0.250. The molecule has 0 saturated carbocycles. The van der Waals surface area contributed by atoms with Crippen molar-refractivity contribution in [2.45, 2.75) is 6.92 Å². The summed E-state index contributed by atoms with van der Waals surface area (Å²) in [6, 6.07) is 13.4. The highest BCUT2D eigenvalue weighted by molar-refractivity contribution is 5.97. The molecule has 1 aliphatic rings. The van der Waals surface area contributed by atoms with Crippen LogP contribution in [0.25, 0.3) is 0 Å². The lowest BCUT2D eigenvalue weighted by Gasteiger charge is -2.35. The Balaban J connectivity index is 1.60. The van der Waals surface area contributed by atoms with Crippen LogP contribution in [0.3, 0.4) is 0 Å². The Hall–Kier alpha value is -3.15. The highest BCUT2D eigenvalue weighted by Crippen LogP contribution is 2.13. The minimum absolute atomic E-state index is 0.0251. The van der Waals surface area contributed by atoms with E-state index in [0.717, 1.165) is 5.56 Å². The standard InChI is InChI=1S/C20H20N2O4/c1-14-2-4-15(5-3-14)18(23)21-10-12-22(13-11-21)19(24)16-6-8-17(9-7-16)20(25)26/h2-9H,10-13H2,1H3,(H,25,26). The van der Waals surface area contributed by atoms with Crippen molar-refractivity contribution in [1.82, 2.24) is 9.80 Å². The van der Waals surface area contributed by atoms with Crippen LogP contribution in [0.2, 0.25) is 0 Å². The molecule has 0 radical (unpaired) electrons. The zero-order valence-corrected chi connectivity index (χ0v) is 14.5. The maximum Gasteiger partial charge on any atom is 0.335 e. The zero-order chi connectivity index (χ0) is 18.7. The third kappa shape index (κ3) is 3.74. The van der Waals surface area contributed by atoms with E-state index in [0.29, 0.717) is 37.3 Å². The molecular weight excluding hydrogens is 332 g/mol. The first kappa shape index (κ1) is 17.7. The van der Waals surface area contributed by atoms with Crippen LogP contribution in [0.1, 0.15) is 36.6 Å². The molecule has 26 heavy (non-hydrogen) atoms. The molecule has 134 valence electrons. The molecule has 0 aromatic heterocycles. The molecule has 6 nitrogen and oxygen atoms in total. The lowest BCUT2D eigenvalue weighted by atomic mass is 10.1. The molecule has 0 bridgehead atoms. The van der Waals surface area contributed by atoms with Crippen molar-refractivity contribution in [2.24, 2.45) is 0 Å². The van der Waals surface area contributed by atoms with Gasteiger partial charge in [-0.2, -0.15) is 0 Å². The molecule has 2 amide bonds. The minimum Gasteiger partial charge on any atom is -0.478 e. The van der Waals surface area contributed by atoms with Crippen molar-refractivity contribution in [1.29, 1.82) is 0 Å². The predicted octanol–water partition coefficient (Wildman–Crippen LogP) is 2.29. The Labute approximate surface area is 151 Å². The molecule has 1 fully saturated rings. The van der Waals surface area contributed by atoms with Gasteiger partial charge >= 0.3 is 5.97 Å². The maximum absolute atomic E-state index is 12.5. The van der Waals surface area contributed by atoms with Gasteiger partial charge in [-0.05, 0) is 43.3 Å². The van der Waals surface area contributed by atoms with E-state index in [1.807, 2.05) is 31.2 Å². The SMILES string of the molecule is Cc1ccc(C(=O)N2CCN(C(=O)c3ccc(C(=O)O)cc3)CC2)cc1. The van der Waals surface area contributed by atoms with Crippen molar-refractivity contribution in [3.8, 4) is 0 Å². The number of piperazine rings is 1. The summed E-state index contributed by atoms with van der Waals surface area (Å²) in [6.45, 7) is 3.84. The van der Waals surface area contributed by atoms with Gasteiger partial charge in [0.1, 0.15) is 0 Å². The van der Waals surface area contributed by atoms with Crippen LogP contribution >= 0.6 is 0 Å². The van der Waals surface area contributed by atoms with E-state index in [9.17, 15) is 14.4 Å². The minimum atomic E-state index is -1.02. The monoisotopic (exact) mass is 352 g/mol. The number of aryl methyl sites for hydroxylation is 1. The van der Waals surface area contributed by atoms with Crippen molar-refractivity contribution in [2.75, 3.05) is 26.2 Å². The summed E-state index contributed by atoms with van der Waals surface area (Å²) >= 11 is 0. The van der Waals surface area contributed by atoms with Gasteiger partial charge in [-0.15, -0.1) is 0 Å². The molecule has 0 spiro atoms. The second-order valence-electron chi connectivity index (χ2n) is 6.33. The zero-order valence-electron chi connectivity index (χ0n) is 14.5. The lowest BCUT2D eigenvalue weighted by Crippen LogP contribution is -2.50. The lowest BCUT2D eigenvalue weighted by molar-refractivity contribution is 0.0535. The molecule has 3 rings (SSSR count). The van der Waals surface area contributed by atoms with E-state index in [4.69, 9.17) is 5.11 Å². The molecule has 2 aromatic rings. The smallest absolute Gasteiger partial charge is 0.335 e. The highest BCUT2D eigenvalue weighted by atomic mass is 16.4. The van der Waals surface area contributed by atoms with E-state index in [2.05, 4.69) is 0 Å². The Kier molecular flexibility index (Phi) is 5.02. The van der Waals surface area contributed by atoms with Gasteiger partial charge < -0.3 is 14.9 Å². The average molecular weight is 352 g/mol. The second kappa shape index (κ2) is 7.39. The van der Waals surface area contributed by atoms with Crippen LogP contribution in [0.15, 0.2) is 48.5 Å². The summed E-state index contributed by atoms with van der Waals surface area (Å²) in [7, 11) is 0. The summed E-state index contributed by atoms with van der Waals surface area (Å²) in [6.07, 6.45) is 0. The molecule has 1 N–H and O–H groups in total. The molecule has 0 atom stereocenters. The van der Waals surface area contributed by atoms with Crippen molar-refractivity contribution >= 4 is 17.8 Å². The summed E-state index contributed by atoms with van der Waals surface area (Å²) in [5, 5.41) is 8.92. The first-order valence-corrected chi connectivity index (χ1v) is 8.44. The van der Waals surface area contributed by atoms with E-state index in [1.165, 1.54) is 24.3 Å². The molecule has 6 heteroatoms. The Bertz CT molecular complexity index is 820. The number of aromatic carboxylic acids is 1. The van der Waals surface area contributed by atoms with Crippen LogP contribution in [0, 0.1) is 6.92 Å². The number of rotatable bonds is 3. The van der Waals surface area contributed by atoms with Gasteiger partial charge in [0.25, 0.3) is 11.8 Å². The fourth-order valence-electron chi connectivity index (χ4n) is 2.93. The number of carbonyl (C=O) groups excluding carboxylic acids is 2. The van der Waals surface area contributed by atoms with Gasteiger partial charge in [-0.3, -0.25) is 9.59 Å². The summed E-state index contributed by atoms with van der Waals surface area (Å²) in [5.74, 6) is -1.19. The normalized spacial score (nSPS) is 14.2. The fourth-order valence-corrected chi connectivity index (χ4v) is 2.93. The number of hydrogen-bond acceptors (Lipinski definition) is 3. The van der Waals surface area contributed by atoms with Crippen molar-refractivity contribution in [3.05, 3.63) is 70.8 Å². The predicted molar refractivity (Wildman–Crippen MR) is 96.4 cm³/mol. The van der Waals surface area contributed by atoms with Crippen LogP contribution < -0.4 is 0 Å². The second-order valence-corrected chi connectivity index (χ2v) is 6.33. The molecule has 2 aromatic carbocycles.